The summed E-state index contributed by atoms with van der Waals surface area (Å²) in [6.07, 6.45) is 12.4. The van der Waals surface area contributed by atoms with Crippen molar-refractivity contribution in [3.63, 3.8) is 0 Å². The second kappa shape index (κ2) is 19.7. The Morgan fingerprint density at radius 3 is 1.13 bits per heavy atom. The Balaban J connectivity index is 0.945. The molecule has 0 N–H and O–H groups in total. The van der Waals surface area contributed by atoms with E-state index in [2.05, 4.69) is 319 Å². The quantitative estimate of drug-likeness (QED) is 0.113. The molecule has 2 unspecified atom stereocenters. The molecular formula is C73H52N2. The van der Waals surface area contributed by atoms with Gasteiger partial charge in [-0.25, -0.2) is 0 Å². The highest BCUT2D eigenvalue weighted by Gasteiger charge is 2.51. The van der Waals surface area contributed by atoms with Gasteiger partial charge in [0.05, 0.1) is 11.1 Å². The van der Waals surface area contributed by atoms with Crippen LogP contribution in [-0.2, 0) is 5.41 Å². The average Bonchev–Trinajstić information content (AvgIpc) is 3.91. The molecule has 0 aliphatic heterocycles. The van der Waals surface area contributed by atoms with Crippen LogP contribution in [0.15, 0.2) is 326 Å². The van der Waals surface area contributed by atoms with E-state index in [9.17, 15) is 0 Å². The first-order valence-electron chi connectivity index (χ1n) is 25.9. The minimum atomic E-state index is -0.613. The van der Waals surface area contributed by atoms with Crippen LogP contribution in [0.25, 0.3) is 44.5 Å². The maximum Gasteiger partial charge on any atom is 0.0973 e. The number of allylic oxidation sites excluding steroid dienone is 7. The van der Waals surface area contributed by atoms with Crippen molar-refractivity contribution in [2.45, 2.75) is 17.8 Å². The predicted octanol–water partition coefficient (Wildman–Crippen LogP) is 19.1. The highest BCUT2D eigenvalue weighted by Crippen LogP contribution is 2.60. The Hall–Kier alpha value is -9.68. The van der Waals surface area contributed by atoms with Crippen LogP contribution in [-0.4, -0.2) is 0 Å². The smallest absolute Gasteiger partial charge is 0.0973 e. The van der Waals surface area contributed by atoms with E-state index in [4.69, 9.17) is 0 Å². The molecular weight excluding hydrogens is 905 g/mol. The van der Waals surface area contributed by atoms with Crippen LogP contribution < -0.4 is 9.80 Å². The number of fused-ring (bicyclic) bond motifs is 3. The highest BCUT2D eigenvalue weighted by molar-refractivity contribution is 5.82. The molecule has 75 heavy (non-hydrogen) atoms. The fraction of sp³-hybridized carbons (Fsp3) is 0.0411. The number of rotatable bonds is 12. The summed E-state index contributed by atoms with van der Waals surface area (Å²) in [5.41, 5.74) is 29.1. The van der Waals surface area contributed by atoms with Crippen molar-refractivity contribution < 1.29 is 0 Å². The highest BCUT2D eigenvalue weighted by atomic mass is 15.1. The summed E-state index contributed by atoms with van der Waals surface area (Å²) in [4.78, 5) is 4.67. The van der Waals surface area contributed by atoms with Gasteiger partial charge in [0.2, 0.25) is 0 Å². The van der Waals surface area contributed by atoms with Gasteiger partial charge < -0.3 is 9.80 Å². The molecule has 0 bridgehead atoms. The van der Waals surface area contributed by atoms with Crippen LogP contribution >= 0.6 is 0 Å². The Morgan fingerprint density at radius 1 is 0.347 bits per heavy atom. The summed E-state index contributed by atoms with van der Waals surface area (Å²) in [5, 5.41) is 0. The summed E-state index contributed by atoms with van der Waals surface area (Å²) < 4.78 is 0. The van der Waals surface area contributed by atoms with Gasteiger partial charge in [-0.2, -0.15) is 0 Å². The third-order valence-corrected chi connectivity index (χ3v) is 15.2. The lowest BCUT2D eigenvalue weighted by Gasteiger charge is -2.36. The Morgan fingerprint density at radius 2 is 0.720 bits per heavy atom. The Bertz CT molecular complexity index is 3690. The molecule has 0 aromatic heterocycles. The topological polar surface area (TPSA) is 6.48 Å². The van der Waals surface area contributed by atoms with Crippen molar-refractivity contribution in [3.05, 3.63) is 342 Å². The molecule has 13 rings (SSSR count). The van der Waals surface area contributed by atoms with E-state index in [0.717, 1.165) is 46.1 Å². The Kier molecular flexibility index (Phi) is 11.9. The number of nitrogens with zero attached hydrogens (tertiary/aromatic N) is 2. The van der Waals surface area contributed by atoms with Gasteiger partial charge in [0, 0.05) is 39.9 Å². The van der Waals surface area contributed by atoms with Crippen LogP contribution in [0.1, 0.15) is 29.0 Å². The molecule has 2 atom stereocenters. The zero-order valence-electron chi connectivity index (χ0n) is 41.5. The van der Waals surface area contributed by atoms with Crippen molar-refractivity contribution >= 4 is 28.4 Å². The molecule has 0 saturated carbocycles. The molecule has 2 nitrogen and oxygen atoms in total. The molecule has 0 heterocycles. The van der Waals surface area contributed by atoms with E-state index in [1.54, 1.807) is 0 Å². The van der Waals surface area contributed by atoms with Gasteiger partial charge in [0.25, 0.3) is 0 Å². The Labute approximate surface area is 440 Å². The number of hydrogen-bond acceptors (Lipinski definition) is 2. The normalized spacial score (nSPS) is 16.1. The van der Waals surface area contributed by atoms with E-state index in [1.807, 2.05) is 0 Å². The summed E-state index contributed by atoms with van der Waals surface area (Å²) in [6, 6.07) is 96.3. The first-order chi connectivity index (χ1) is 37.2. The lowest BCUT2D eigenvalue weighted by atomic mass is 9.65. The molecule has 2 heteroatoms. The lowest BCUT2D eigenvalue weighted by Crippen LogP contribution is -2.30. The summed E-state index contributed by atoms with van der Waals surface area (Å²) in [5.74, 6) is 0.240. The fourth-order valence-electron chi connectivity index (χ4n) is 11.6. The van der Waals surface area contributed by atoms with Gasteiger partial charge in [0.1, 0.15) is 0 Å². The van der Waals surface area contributed by atoms with E-state index < -0.39 is 5.41 Å². The van der Waals surface area contributed by atoms with Gasteiger partial charge in [-0.1, -0.05) is 230 Å². The minimum Gasteiger partial charge on any atom is -0.311 e. The third-order valence-electron chi connectivity index (χ3n) is 15.2. The largest absolute Gasteiger partial charge is 0.311 e. The first-order valence-corrected chi connectivity index (χ1v) is 25.9. The zero-order valence-corrected chi connectivity index (χ0v) is 41.5. The maximum absolute atomic E-state index is 3.87. The molecule has 0 radical (unpaired) electrons. The summed E-state index contributed by atoms with van der Waals surface area (Å²) in [7, 11) is 0. The lowest BCUT2D eigenvalue weighted by molar-refractivity contribution is 0.693. The van der Waals surface area contributed by atoms with Crippen molar-refractivity contribution in [1.29, 1.82) is 0 Å². The van der Waals surface area contributed by atoms with Crippen molar-refractivity contribution in [3.8, 4) is 44.5 Å². The number of benzene rings is 10. The van der Waals surface area contributed by atoms with Gasteiger partial charge in [-0.3, -0.25) is 0 Å². The van der Waals surface area contributed by atoms with Crippen molar-refractivity contribution in [1.82, 2.24) is 0 Å². The second-order valence-corrected chi connectivity index (χ2v) is 19.4. The van der Waals surface area contributed by atoms with E-state index in [-0.39, 0.29) is 5.92 Å². The van der Waals surface area contributed by atoms with Gasteiger partial charge >= 0.3 is 0 Å². The van der Waals surface area contributed by atoms with Crippen LogP contribution in [0.4, 0.5) is 28.4 Å². The summed E-state index contributed by atoms with van der Waals surface area (Å²) >= 11 is 0. The predicted molar refractivity (Wildman–Crippen MR) is 313 cm³/mol. The molecule has 3 aliphatic rings. The van der Waals surface area contributed by atoms with E-state index >= 15 is 0 Å². The zero-order chi connectivity index (χ0) is 50.0. The fourth-order valence-corrected chi connectivity index (χ4v) is 11.6. The molecule has 10 aromatic rings. The molecule has 0 saturated heterocycles. The van der Waals surface area contributed by atoms with Crippen LogP contribution in [0.2, 0.25) is 0 Å². The van der Waals surface area contributed by atoms with Gasteiger partial charge in [0.15, 0.2) is 0 Å². The van der Waals surface area contributed by atoms with Gasteiger partial charge in [-0.15, -0.1) is 0 Å². The first kappa shape index (κ1) is 45.2. The third kappa shape index (κ3) is 8.41. The van der Waals surface area contributed by atoms with Crippen molar-refractivity contribution in [2.24, 2.45) is 0 Å². The summed E-state index contributed by atoms with van der Waals surface area (Å²) in [6.45, 7) is 0. The molecule has 0 amide bonds. The van der Waals surface area contributed by atoms with E-state index in [1.165, 1.54) is 66.8 Å². The standard InChI is InChI=1S/C73H52N2/c1-5-17-53(18-6-1)57-29-41-63(42-30-57)74(64-43-31-58(32-44-64)54-19-7-2-8-20-54)67-49-37-61(38-50-67)73(71-27-15-13-25-69(71)70-26-14-16-28-72(70)73)62-39-51-68(52-40-62)75(65-45-33-59(34-46-65)55-21-9-3-10-22-55)66-47-35-60(36-48-66)56-23-11-4-12-24-56/h1-25,27-39,41-51,70H,26H2. The van der Waals surface area contributed by atoms with Gasteiger partial charge in [-0.05, 0) is 152 Å². The molecule has 3 aliphatic carbocycles. The molecule has 354 valence electrons. The molecule has 10 aromatic carbocycles. The number of hydrogen-bond donors (Lipinski definition) is 0. The maximum atomic E-state index is 3.87. The van der Waals surface area contributed by atoms with Crippen molar-refractivity contribution in [2.75, 3.05) is 9.80 Å². The number of anilines is 5. The van der Waals surface area contributed by atoms with Crippen LogP contribution in [0.3, 0.4) is 0 Å². The molecule has 0 spiro atoms. The van der Waals surface area contributed by atoms with E-state index in [0.29, 0.717) is 0 Å². The van der Waals surface area contributed by atoms with Crippen LogP contribution in [0, 0.1) is 0 Å². The average molecular weight is 957 g/mol. The monoisotopic (exact) mass is 956 g/mol. The SMILES string of the molecule is C1=C=C(C2(c3ccc(N(c4ccc(-c5ccccc5)cc4)c4ccc(-c5ccccc5)cc4)cc3)C3=CC=CCC3c3ccccc32)C=CC=1N(c1ccc(-c2ccccc2)cc1)c1ccc(-c2ccccc2)cc1. The van der Waals surface area contributed by atoms with Crippen LogP contribution in [0.5, 0.6) is 0 Å². The second-order valence-electron chi connectivity index (χ2n) is 19.4. The minimum absolute atomic E-state index is 0.240. The molecule has 0 fully saturated rings.